The van der Waals surface area contributed by atoms with E-state index in [0.717, 1.165) is 0 Å². The molecule has 0 aliphatic carbocycles. The van der Waals surface area contributed by atoms with Crippen LogP contribution in [-0.4, -0.2) is 129 Å². The first-order valence-corrected chi connectivity index (χ1v) is 13.8. The van der Waals surface area contributed by atoms with Crippen molar-refractivity contribution in [3.63, 3.8) is 0 Å². The molecule has 0 saturated heterocycles. The molecule has 0 radical (unpaired) electrons. The van der Waals surface area contributed by atoms with Crippen molar-refractivity contribution in [2.45, 2.75) is 19.3 Å². The van der Waals surface area contributed by atoms with Crippen LogP contribution in [0.4, 0.5) is 0 Å². The molecule has 0 saturated carbocycles. The van der Waals surface area contributed by atoms with Gasteiger partial charge in [-0.2, -0.15) is 0 Å². The van der Waals surface area contributed by atoms with Crippen molar-refractivity contribution in [1.82, 2.24) is 5.32 Å². The van der Waals surface area contributed by atoms with Crippen molar-refractivity contribution in [3.8, 4) is 0 Å². The van der Waals surface area contributed by atoms with E-state index in [2.05, 4.69) is 5.32 Å². The molecule has 0 unspecified atom stereocenters. The maximum atomic E-state index is 11.8. The molecule has 0 aromatic heterocycles. The molecule has 0 heterocycles. The molecule has 13 nitrogen and oxygen atoms in total. The fourth-order valence-corrected chi connectivity index (χ4v) is 2.98. The van der Waals surface area contributed by atoms with E-state index in [9.17, 15) is 14.4 Å². The predicted molar refractivity (Wildman–Crippen MR) is 147 cm³/mol. The average molecular weight is 588 g/mol. The van der Waals surface area contributed by atoms with Crippen LogP contribution in [0.2, 0.25) is 0 Å². The van der Waals surface area contributed by atoms with Gasteiger partial charge in [0.1, 0.15) is 6.61 Å². The number of carbonyl (C=O) groups is 3. The largest absolute Gasteiger partial charge is 0.481 e. The van der Waals surface area contributed by atoms with Crippen LogP contribution < -0.4 is 5.32 Å². The SMILES string of the molecule is O=C(O)CCC(=O)NCCCOCCOCCOCCOCCOCCOCCOCCOC(=O)c1ccccc1. The molecule has 0 atom stereocenters. The number of aliphatic carboxylic acids is 1. The summed E-state index contributed by atoms with van der Waals surface area (Å²) in [6.45, 7) is 6.87. The van der Waals surface area contributed by atoms with E-state index in [-0.39, 0.29) is 31.3 Å². The van der Waals surface area contributed by atoms with Crippen molar-refractivity contribution in [2.75, 3.05) is 106 Å². The normalized spacial score (nSPS) is 10.9. The van der Waals surface area contributed by atoms with Crippen LogP contribution in [0.5, 0.6) is 0 Å². The molecule has 1 rings (SSSR count). The van der Waals surface area contributed by atoms with Crippen molar-refractivity contribution in [1.29, 1.82) is 0 Å². The zero-order valence-electron chi connectivity index (χ0n) is 23.8. The summed E-state index contributed by atoms with van der Waals surface area (Å²) in [7, 11) is 0. The predicted octanol–water partition coefficient (Wildman–Crippen LogP) is 1.33. The molecular weight excluding hydrogens is 542 g/mol. The Morgan fingerprint density at radius 2 is 0.976 bits per heavy atom. The van der Waals surface area contributed by atoms with Crippen molar-refractivity contribution < 1.29 is 57.4 Å². The molecule has 1 amide bonds. The number of hydrogen-bond donors (Lipinski definition) is 2. The maximum absolute atomic E-state index is 11.8. The third kappa shape index (κ3) is 24.8. The van der Waals surface area contributed by atoms with Crippen LogP contribution in [0.25, 0.3) is 0 Å². The van der Waals surface area contributed by atoms with Gasteiger partial charge in [-0.15, -0.1) is 0 Å². The molecule has 0 aliphatic rings. The van der Waals surface area contributed by atoms with Crippen LogP contribution >= 0.6 is 0 Å². The first-order valence-electron chi connectivity index (χ1n) is 13.8. The Labute approximate surface area is 241 Å². The van der Waals surface area contributed by atoms with Gasteiger partial charge in [0.25, 0.3) is 0 Å². The lowest BCUT2D eigenvalue weighted by Gasteiger charge is -2.09. The van der Waals surface area contributed by atoms with Crippen LogP contribution in [-0.2, 0) is 47.5 Å². The van der Waals surface area contributed by atoms with Gasteiger partial charge in [0.05, 0.1) is 97.9 Å². The van der Waals surface area contributed by atoms with Gasteiger partial charge in [-0.1, -0.05) is 18.2 Å². The standard InChI is InChI=1S/C28H45NO12/c30-26(7-8-27(31)32)29-9-4-10-34-11-12-35-13-14-36-15-16-37-17-18-38-19-20-39-21-22-40-23-24-41-28(33)25-5-2-1-3-6-25/h1-3,5-6H,4,7-24H2,(H,29,30)(H,31,32). The lowest BCUT2D eigenvalue weighted by atomic mass is 10.2. The van der Waals surface area contributed by atoms with E-state index in [0.29, 0.717) is 111 Å². The molecule has 41 heavy (non-hydrogen) atoms. The number of carboxylic acid groups (broad SMARTS) is 1. The van der Waals surface area contributed by atoms with Gasteiger partial charge in [-0.05, 0) is 18.6 Å². The molecule has 1 aromatic rings. The van der Waals surface area contributed by atoms with Gasteiger partial charge in [-0.3, -0.25) is 9.59 Å². The van der Waals surface area contributed by atoms with Gasteiger partial charge in [0.2, 0.25) is 5.91 Å². The Hall–Kier alpha value is -2.65. The monoisotopic (exact) mass is 587 g/mol. The number of esters is 1. The number of amides is 1. The highest BCUT2D eigenvalue weighted by Gasteiger charge is 2.05. The number of carboxylic acids is 1. The molecule has 0 fully saturated rings. The summed E-state index contributed by atoms with van der Waals surface area (Å²) in [6.07, 6.45) is 0.470. The van der Waals surface area contributed by atoms with Crippen LogP contribution in [0.1, 0.15) is 29.6 Å². The third-order valence-corrected chi connectivity index (χ3v) is 5.06. The number of rotatable bonds is 29. The van der Waals surface area contributed by atoms with Crippen LogP contribution in [0.15, 0.2) is 30.3 Å². The molecule has 2 N–H and O–H groups in total. The topological polar surface area (TPSA) is 157 Å². The lowest BCUT2D eigenvalue weighted by Crippen LogP contribution is -2.25. The lowest BCUT2D eigenvalue weighted by molar-refractivity contribution is -0.138. The molecule has 1 aromatic carbocycles. The minimum atomic E-state index is -0.985. The van der Waals surface area contributed by atoms with E-state index >= 15 is 0 Å². The van der Waals surface area contributed by atoms with Gasteiger partial charge in [0, 0.05) is 19.6 Å². The summed E-state index contributed by atoms with van der Waals surface area (Å²) in [5, 5.41) is 11.2. The number of benzene rings is 1. The van der Waals surface area contributed by atoms with Gasteiger partial charge < -0.3 is 48.3 Å². The summed E-state index contributed by atoms with van der Waals surface area (Å²) in [5.74, 6) is -1.62. The second-order valence-electron chi connectivity index (χ2n) is 8.39. The zero-order chi connectivity index (χ0) is 29.6. The Morgan fingerprint density at radius 3 is 1.41 bits per heavy atom. The summed E-state index contributed by atoms with van der Waals surface area (Å²) in [4.78, 5) is 33.5. The second-order valence-corrected chi connectivity index (χ2v) is 8.39. The fourth-order valence-electron chi connectivity index (χ4n) is 2.98. The Kier molecular flexibility index (Phi) is 24.4. The maximum Gasteiger partial charge on any atom is 0.338 e. The molecular formula is C28H45NO12. The van der Waals surface area contributed by atoms with E-state index < -0.39 is 5.97 Å². The van der Waals surface area contributed by atoms with Gasteiger partial charge in [0.15, 0.2) is 0 Å². The minimum Gasteiger partial charge on any atom is -0.481 e. The van der Waals surface area contributed by atoms with Crippen molar-refractivity contribution in [2.24, 2.45) is 0 Å². The molecule has 0 spiro atoms. The minimum absolute atomic E-state index is 0.0123. The smallest absolute Gasteiger partial charge is 0.338 e. The first kappa shape index (κ1) is 36.4. The van der Waals surface area contributed by atoms with E-state index in [4.69, 9.17) is 43.0 Å². The Bertz CT molecular complexity index is 781. The number of nitrogens with one attached hydrogen (secondary N) is 1. The van der Waals surface area contributed by atoms with Crippen molar-refractivity contribution >= 4 is 17.8 Å². The van der Waals surface area contributed by atoms with Gasteiger partial charge in [-0.25, -0.2) is 4.79 Å². The Balaban J connectivity index is 1.68. The fraction of sp³-hybridized carbons (Fsp3) is 0.679. The van der Waals surface area contributed by atoms with Gasteiger partial charge >= 0.3 is 11.9 Å². The molecule has 0 bridgehead atoms. The highest BCUT2D eigenvalue weighted by molar-refractivity contribution is 5.89. The summed E-state index contributed by atoms with van der Waals surface area (Å²) < 4.78 is 43.0. The summed E-state index contributed by atoms with van der Waals surface area (Å²) in [5.41, 5.74) is 0.517. The molecule has 0 aliphatic heterocycles. The van der Waals surface area contributed by atoms with E-state index in [1.807, 2.05) is 6.07 Å². The van der Waals surface area contributed by atoms with Crippen LogP contribution in [0, 0.1) is 0 Å². The van der Waals surface area contributed by atoms with Crippen molar-refractivity contribution in [3.05, 3.63) is 35.9 Å². The number of hydrogen-bond acceptors (Lipinski definition) is 11. The zero-order valence-corrected chi connectivity index (χ0v) is 23.8. The Morgan fingerprint density at radius 1 is 0.561 bits per heavy atom. The highest BCUT2D eigenvalue weighted by Crippen LogP contribution is 2.00. The summed E-state index contributed by atoms with van der Waals surface area (Å²) >= 11 is 0. The average Bonchev–Trinajstić information content (AvgIpc) is 2.98. The number of ether oxygens (including phenoxy) is 8. The van der Waals surface area contributed by atoms with E-state index in [1.54, 1.807) is 24.3 Å². The first-order chi connectivity index (χ1) is 20.1. The number of carbonyl (C=O) groups excluding carboxylic acids is 2. The second kappa shape index (κ2) is 27.5. The third-order valence-electron chi connectivity index (χ3n) is 5.06. The van der Waals surface area contributed by atoms with Crippen LogP contribution in [0.3, 0.4) is 0 Å². The molecule has 13 heteroatoms. The molecule has 234 valence electrons. The highest BCUT2D eigenvalue weighted by atomic mass is 16.6. The van der Waals surface area contributed by atoms with E-state index in [1.165, 1.54) is 0 Å². The summed E-state index contributed by atoms with van der Waals surface area (Å²) in [6, 6.07) is 8.81. The quantitative estimate of drug-likeness (QED) is 0.103.